The van der Waals surface area contributed by atoms with E-state index in [4.69, 9.17) is 0 Å². The number of rotatable bonds is 0. The fourth-order valence-electron chi connectivity index (χ4n) is 0. The Labute approximate surface area is 15.1 Å². The zero-order chi connectivity index (χ0) is 2.00. The van der Waals surface area contributed by atoms with E-state index < -0.39 is 0 Å². The molecular formula is C2H5Cm3-. The Kier molecular flexibility index (Phi) is 0. The average molecular weight is 770 g/mol. The largest absolute Gasteiger partial charge is 0.346 e. The van der Waals surface area contributed by atoms with Crippen LogP contribution in [0.1, 0.15) is 6.92 Å². The third-order valence-electron chi connectivity index (χ3n) is 0. The fourth-order valence-corrected chi connectivity index (χ4v) is 0. The van der Waals surface area contributed by atoms with Gasteiger partial charge < -0.3 is 6.92 Å². The van der Waals surface area contributed by atoms with E-state index in [9.17, 15) is 0 Å². The Morgan fingerprint density at radius 1 is 0.800 bits per heavy atom. The molecule has 0 aromatic carbocycles. The van der Waals surface area contributed by atoms with Crippen molar-refractivity contribution in [3.63, 3.8) is 0 Å². The van der Waals surface area contributed by atoms with Crippen LogP contribution in [0.2, 0.25) is 0 Å². The zero-order valence-corrected chi connectivity index (χ0v) is 11.6. The minimum absolute atomic E-state index is 0. The van der Waals surface area contributed by atoms with Crippen molar-refractivity contribution >= 4 is 0 Å². The smallest absolute Gasteiger partial charge is 0 e. The second-order valence-electron chi connectivity index (χ2n) is 0. The van der Waals surface area contributed by atoms with Gasteiger partial charge in [0, 0.05) is 0 Å². The topological polar surface area (TPSA) is 0 Å². The first-order valence-electron chi connectivity index (χ1n) is 0.707. The molecule has 0 atom stereocenters. The van der Waals surface area contributed by atoms with Gasteiger partial charge in [-0.05, 0) is 0 Å². The van der Waals surface area contributed by atoms with Gasteiger partial charge in [-0.1, -0.05) is 0 Å². The van der Waals surface area contributed by atoms with Crippen molar-refractivity contribution in [3.8, 4) is 0 Å². The summed E-state index contributed by atoms with van der Waals surface area (Å²) in [4.78, 5) is 0. The molecule has 0 saturated carbocycles. The summed E-state index contributed by atoms with van der Waals surface area (Å²) in [6.07, 6.45) is 0. The summed E-state index contributed by atoms with van der Waals surface area (Å²) in [6, 6.07) is 0. The van der Waals surface area contributed by atoms with E-state index in [0.717, 1.165) is 0 Å². The van der Waals surface area contributed by atoms with Crippen LogP contribution in [-0.4, -0.2) is 0 Å². The van der Waals surface area contributed by atoms with Crippen molar-refractivity contribution in [3.05, 3.63) is 6.92 Å². The molecule has 0 nitrogen and oxygen atoms in total. The van der Waals surface area contributed by atoms with Gasteiger partial charge in [0.25, 0.3) is 0 Å². The van der Waals surface area contributed by atoms with E-state index in [0.29, 0.717) is 0 Å². The van der Waals surface area contributed by atoms with Gasteiger partial charge in [0.15, 0.2) is 0 Å². The summed E-state index contributed by atoms with van der Waals surface area (Å²) in [7, 11) is 0. The second kappa shape index (κ2) is 0. The van der Waals surface area contributed by atoms with Crippen molar-refractivity contribution in [2.45, 2.75) is 6.92 Å². The molecular weight excluding hydrogens is 765 g/mol. The summed E-state index contributed by atoms with van der Waals surface area (Å²) in [5.74, 6) is 0. The molecule has 5 heavy (non-hydrogen) atoms. The van der Waals surface area contributed by atoms with Gasteiger partial charge in [-0.15, -0.1) is 0 Å². The van der Waals surface area contributed by atoms with E-state index in [-0.39, 0.29) is 0 Å². The minimum Gasteiger partial charge on any atom is -0.346 e. The molecule has 38 valence electrons. The van der Waals surface area contributed by atoms with Crippen LogP contribution < -0.4 is 0 Å². The summed E-state index contributed by atoms with van der Waals surface area (Å²) >= 11 is 0. The van der Waals surface area contributed by atoms with Crippen LogP contribution >= 0.6 is 0 Å². The second-order valence-corrected chi connectivity index (χ2v) is 0. The van der Waals surface area contributed by atoms with Crippen molar-refractivity contribution in [2.75, 3.05) is 0 Å². The monoisotopic (exact) mass is 758 g/mol. The van der Waals surface area contributed by atoms with Crippen molar-refractivity contribution < 1.29 is 0 Å². The Balaban J connectivity index is -0.00000000167. The molecule has 0 rings (SSSR count). The molecule has 0 aliphatic carbocycles. The minimum atomic E-state index is 0. The van der Waals surface area contributed by atoms with E-state index >= 15 is 0 Å². The summed E-state index contributed by atoms with van der Waals surface area (Å²) in [5.41, 5.74) is 0. The predicted molar refractivity (Wildman–Crippen MR) is 11.0 cm³/mol. The molecule has 0 aromatic rings. The first kappa shape index (κ1) is 0.500. The maximum Gasteiger partial charge on any atom is 0 e. The molecule has 0 unspecified atom stereocenters. The standard InChI is InChI=1S/C2H5.3Cm/c1-2;;;/h1H2,2H3;;;/q-1;;;. The number of hydrogen-bond acceptors (Lipinski definition) is 0. The van der Waals surface area contributed by atoms with Crippen LogP contribution in [0.4, 0.5) is 0 Å². The van der Waals surface area contributed by atoms with Gasteiger partial charge >= 0.3 is 0 Å². The van der Waals surface area contributed by atoms with Crippen LogP contribution in [0.15, 0.2) is 0 Å². The molecule has 0 bridgehead atoms. The third-order valence-corrected chi connectivity index (χ3v) is 0. The molecule has 0 aromatic heterocycles. The van der Waals surface area contributed by atoms with Gasteiger partial charge in [-0.2, -0.15) is 6.92 Å². The third kappa shape index (κ3) is 0.111. The number of hydrogen-bond donors (Lipinski definition) is 0. The van der Waals surface area contributed by atoms with Gasteiger partial charge in [0.1, 0.15) is 0 Å². The molecule has 0 amide bonds. The van der Waals surface area contributed by atoms with Crippen LogP contribution in [0.3, 0.4) is 0 Å². The van der Waals surface area contributed by atoms with Crippen LogP contribution in [0.25, 0.3) is 0 Å². The van der Waals surface area contributed by atoms with Crippen LogP contribution in [0.5, 0.6) is 0 Å². The van der Waals surface area contributed by atoms with Gasteiger partial charge in [-0.25, -0.2) is 0 Å². The summed E-state index contributed by atoms with van der Waals surface area (Å²) < 4.78 is 0. The van der Waals surface area contributed by atoms with E-state index in [1.807, 2.05) is 0 Å². The van der Waals surface area contributed by atoms with Crippen molar-refractivity contribution in [1.29, 1.82) is 0 Å². The van der Waals surface area contributed by atoms with Gasteiger partial charge in [0.05, 0.1) is 0 Å². The summed E-state index contributed by atoms with van der Waals surface area (Å²) in [5, 5.41) is 0. The SMILES string of the molecule is [CH2-]C.[Cm].[Cm].[Cm]. The van der Waals surface area contributed by atoms with E-state index in [2.05, 4.69) is 6.92 Å². The molecule has 0 heterocycles. The molecule has 0 aliphatic rings. The molecule has 0 spiro atoms. The van der Waals surface area contributed by atoms with Crippen LogP contribution in [0, 0.1) is 6.92 Å². The Hall–Kier alpha value is -3.00. The first-order valence-corrected chi connectivity index (χ1v) is 0.707. The molecule has 0 saturated heterocycles. The van der Waals surface area contributed by atoms with Crippen molar-refractivity contribution in [1.82, 2.24) is 0 Å². The van der Waals surface area contributed by atoms with Crippen LogP contribution in [-0.2, 0) is 0 Å². The summed E-state index contributed by atoms with van der Waals surface area (Å²) in [6.45, 7) is 5.00. The van der Waals surface area contributed by atoms with E-state index in [1.54, 1.807) is 6.92 Å². The molecule has 0 radical (unpaired) electrons. The van der Waals surface area contributed by atoms with E-state index in [1.165, 1.54) is 0 Å². The Bertz CT molecular complexity index is 4.85. The molecule has 0 fully saturated rings. The molecule has 0 N–H and O–H groups in total. The van der Waals surface area contributed by atoms with Gasteiger partial charge in [0.2, 0.25) is 0 Å². The van der Waals surface area contributed by atoms with Gasteiger partial charge in [-0.3, -0.25) is 0 Å². The fraction of sp³-hybridized carbons (Fsp3) is 0.500. The first-order chi connectivity index (χ1) is 1.00. The molecule has 3 heteroatoms. The molecule has 0 aliphatic heterocycles. The quantitative estimate of drug-likeness (QED) is 0.321. The zero-order valence-electron chi connectivity index (χ0n) is 2.77. The average Bonchev–Trinajstić information content (AvgIpc) is 1.00. The normalized spacial score (nSPS) is 1.20. The van der Waals surface area contributed by atoms with Crippen molar-refractivity contribution in [2.24, 2.45) is 0 Å². The Morgan fingerprint density at radius 3 is 0.800 bits per heavy atom. The Morgan fingerprint density at radius 2 is 0.800 bits per heavy atom. The maximum absolute atomic E-state index is 3.25. The maximum atomic E-state index is 3.25. The predicted octanol–water partition coefficient (Wildman–Crippen LogP) is 0.840.